The van der Waals surface area contributed by atoms with E-state index in [-0.39, 0.29) is 16.3 Å². The zero-order chi connectivity index (χ0) is 10.7. The first kappa shape index (κ1) is 10.7. The number of nitrogens with one attached hydrogen (secondary N) is 1. The Bertz CT molecular complexity index is 393. The summed E-state index contributed by atoms with van der Waals surface area (Å²) in [4.78, 5) is 21.2. The van der Waals surface area contributed by atoms with Crippen LogP contribution in [-0.4, -0.2) is 12.2 Å². The lowest BCUT2D eigenvalue weighted by Gasteiger charge is -2.06. The van der Waals surface area contributed by atoms with Crippen LogP contribution in [0.25, 0.3) is 0 Å². The van der Waals surface area contributed by atoms with Gasteiger partial charge in [0.2, 0.25) is 5.91 Å². The molecule has 14 heavy (non-hydrogen) atoms. The van der Waals surface area contributed by atoms with Crippen molar-refractivity contribution in [3.05, 3.63) is 28.5 Å². The zero-order valence-electron chi connectivity index (χ0n) is 7.30. The molecule has 74 valence electrons. The summed E-state index contributed by atoms with van der Waals surface area (Å²) in [5.74, 6) is -1.15. The first-order valence-corrected chi connectivity index (χ1v) is 4.14. The van der Waals surface area contributed by atoms with Gasteiger partial charge in [-0.2, -0.15) is 0 Å². The molecule has 5 heteroatoms. The summed E-state index contributed by atoms with van der Waals surface area (Å²) in [5, 5.41) is 2.43. The molecule has 0 bridgehead atoms. The SMILES string of the molecule is CC(=O)Nc1cc(Cl)cc(F)c1C=O. The third kappa shape index (κ3) is 2.29. The van der Waals surface area contributed by atoms with Crippen LogP contribution >= 0.6 is 11.6 Å². The van der Waals surface area contributed by atoms with Gasteiger partial charge in [0.1, 0.15) is 5.82 Å². The number of aldehydes is 1. The highest BCUT2D eigenvalue weighted by molar-refractivity contribution is 6.31. The second-order valence-corrected chi connectivity index (χ2v) is 3.08. The second-order valence-electron chi connectivity index (χ2n) is 2.65. The molecule has 0 fully saturated rings. The van der Waals surface area contributed by atoms with Crippen molar-refractivity contribution in [1.82, 2.24) is 0 Å². The number of hydrogen-bond donors (Lipinski definition) is 1. The van der Waals surface area contributed by atoms with Crippen molar-refractivity contribution in [3.63, 3.8) is 0 Å². The predicted octanol–water partition coefficient (Wildman–Crippen LogP) is 2.25. The number of carbonyl (C=O) groups is 2. The van der Waals surface area contributed by atoms with E-state index in [0.29, 0.717) is 6.29 Å². The third-order valence-corrected chi connectivity index (χ3v) is 1.74. The minimum atomic E-state index is -0.753. The molecule has 1 rings (SSSR count). The van der Waals surface area contributed by atoms with E-state index in [1.165, 1.54) is 13.0 Å². The van der Waals surface area contributed by atoms with Gasteiger partial charge >= 0.3 is 0 Å². The zero-order valence-corrected chi connectivity index (χ0v) is 8.06. The van der Waals surface area contributed by atoms with Gasteiger partial charge in [0.25, 0.3) is 0 Å². The van der Waals surface area contributed by atoms with Crippen LogP contribution in [0.1, 0.15) is 17.3 Å². The van der Waals surface area contributed by atoms with Gasteiger partial charge < -0.3 is 5.32 Å². The van der Waals surface area contributed by atoms with Gasteiger partial charge in [0, 0.05) is 11.9 Å². The van der Waals surface area contributed by atoms with Crippen LogP contribution in [0.3, 0.4) is 0 Å². The lowest BCUT2D eigenvalue weighted by Crippen LogP contribution is -2.09. The van der Waals surface area contributed by atoms with Crippen molar-refractivity contribution in [2.24, 2.45) is 0 Å². The summed E-state index contributed by atoms with van der Waals surface area (Å²) in [6.45, 7) is 1.26. The number of amides is 1. The van der Waals surface area contributed by atoms with E-state index >= 15 is 0 Å². The van der Waals surface area contributed by atoms with Crippen molar-refractivity contribution < 1.29 is 14.0 Å². The highest BCUT2D eigenvalue weighted by Crippen LogP contribution is 2.22. The molecule has 0 saturated carbocycles. The quantitative estimate of drug-likeness (QED) is 0.770. The van der Waals surface area contributed by atoms with E-state index in [4.69, 9.17) is 11.6 Å². The van der Waals surface area contributed by atoms with Crippen molar-refractivity contribution >= 4 is 29.5 Å². The summed E-state index contributed by atoms with van der Waals surface area (Å²) in [6.07, 6.45) is 0.330. The molecule has 0 unspecified atom stereocenters. The number of anilines is 1. The summed E-state index contributed by atoms with van der Waals surface area (Å²) < 4.78 is 13.1. The van der Waals surface area contributed by atoms with E-state index in [2.05, 4.69) is 5.32 Å². The summed E-state index contributed by atoms with van der Waals surface area (Å²) in [6, 6.07) is 2.33. The fraction of sp³-hybridized carbons (Fsp3) is 0.111. The highest BCUT2D eigenvalue weighted by Gasteiger charge is 2.10. The van der Waals surface area contributed by atoms with Crippen molar-refractivity contribution in [2.75, 3.05) is 5.32 Å². The van der Waals surface area contributed by atoms with Crippen LogP contribution in [0.4, 0.5) is 10.1 Å². The van der Waals surface area contributed by atoms with E-state index in [1.807, 2.05) is 0 Å². The molecule has 0 spiro atoms. The first-order valence-electron chi connectivity index (χ1n) is 3.76. The number of carbonyl (C=O) groups excluding carboxylic acids is 2. The van der Waals surface area contributed by atoms with E-state index in [9.17, 15) is 14.0 Å². The number of rotatable bonds is 2. The highest BCUT2D eigenvalue weighted by atomic mass is 35.5. The van der Waals surface area contributed by atoms with Crippen LogP contribution in [0.15, 0.2) is 12.1 Å². The summed E-state index contributed by atoms with van der Waals surface area (Å²) in [5.41, 5.74) is -0.123. The van der Waals surface area contributed by atoms with Gasteiger partial charge in [0.05, 0.1) is 11.3 Å². The van der Waals surface area contributed by atoms with Gasteiger partial charge in [-0.1, -0.05) is 11.6 Å². The molecule has 3 nitrogen and oxygen atoms in total. The molecule has 1 N–H and O–H groups in total. The molecule has 1 amide bonds. The fourth-order valence-electron chi connectivity index (χ4n) is 0.998. The van der Waals surface area contributed by atoms with Crippen molar-refractivity contribution in [3.8, 4) is 0 Å². The van der Waals surface area contributed by atoms with Crippen LogP contribution in [0, 0.1) is 5.82 Å². The van der Waals surface area contributed by atoms with E-state index < -0.39 is 11.7 Å². The molecular weight excluding hydrogens is 209 g/mol. The first-order chi connectivity index (χ1) is 6.54. The van der Waals surface area contributed by atoms with Gasteiger partial charge in [-0.15, -0.1) is 0 Å². The summed E-state index contributed by atoms with van der Waals surface area (Å²) in [7, 11) is 0. The van der Waals surface area contributed by atoms with Crippen LogP contribution < -0.4 is 5.32 Å². The maximum atomic E-state index is 13.1. The maximum Gasteiger partial charge on any atom is 0.221 e. The molecule has 0 aliphatic heterocycles. The number of halogens is 2. The molecule has 0 saturated heterocycles. The number of benzene rings is 1. The van der Waals surface area contributed by atoms with Crippen molar-refractivity contribution in [2.45, 2.75) is 6.92 Å². The average Bonchev–Trinajstić information content (AvgIpc) is 2.01. The maximum absolute atomic E-state index is 13.1. The van der Waals surface area contributed by atoms with E-state index in [0.717, 1.165) is 6.07 Å². The topological polar surface area (TPSA) is 46.2 Å². The van der Waals surface area contributed by atoms with Crippen LogP contribution in [0.2, 0.25) is 5.02 Å². The third-order valence-electron chi connectivity index (χ3n) is 1.52. The van der Waals surface area contributed by atoms with Crippen LogP contribution in [0.5, 0.6) is 0 Å². The molecule has 0 atom stereocenters. The van der Waals surface area contributed by atoms with Gasteiger partial charge in [-0.25, -0.2) is 4.39 Å². The standard InChI is InChI=1S/C9H7ClFNO2/c1-5(14)12-9-3-6(10)2-8(11)7(9)4-13/h2-4H,1H3,(H,12,14). The Hall–Kier alpha value is -1.42. The Labute approximate surface area is 84.9 Å². The minimum absolute atomic E-state index is 0.0810. The van der Waals surface area contributed by atoms with Gasteiger partial charge in [0.15, 0.2) is 6.29 Å². The molecule has 0 radical (unpaired) electrons. The van der Waals surface area contributed by atoms with Crippen LogP contribution in [-0.2, 0) is 4.79 Å². The molecule has 0 heterocycles. The van der Waals surface area contributed by atoms with Gasteiger partial charge in [-0.05, 0) is 12.1 Å². The Kier molecular flexibility index (Phi) is 3.19. The minimum Gasteiger partial charge on any atom is -0.326 e. The molecule has 1 aromatic carbocycles. The van der Waals surface area contributed by atoms with Gasteiger partial charge in [-0.3, -0.25) is 9.59 Å². The molecule has 0 aliphatic rings. The Morgan fingerprint density at radius 1 is 1.57 bits per heavy atom. The molecule has 0 aromatic heterocycles. The summed E-state index contributed by atoms with van der Waals surface area (Å²) >= 11 is 5.56. The monoisotopic (exact) mass is 215 g/mol. The molecular formula is C9H7ClFNO2. The Morgan fingerprint density at radius 2 is 2.21 bits per heavy atom. The molecule has 0 aliphatic carbocycles. The largest absolute Gasteiger partial charge is 0.326 e. The number of hydrogen-bond acceptors (Lipinski definition) is 2. The lowest BCUT2D eigenvalue weighted by molar-refractivity contribution is -0.114. The predicted molar refractivity (Wildman–Crippen MR) is 51.1 cm³/mol. The average molecular weight is 216 g/mol. The Morgan fingerprint density at radius 3 is 2.71 bits per heavy atom. The van der Waals surface area contributed by atoms with Crippen molar-refractivity contribution in [1.29, 1.82) is 0 Å². The normalized spacial score (nSPS) is 9.64. The Balaban J connectivity index is 3.24. The van der Waals surface area contributed by atoms with E-state index in [1.54, 1.807) is 0 Å². The second kappa shape index (κ2) is 4.19. The smallest absolute Gasteiger partial charge is 0.221 e. The lowest BCUT2D eigenvalue weighted by atomic mass is 10.2. The molecule has 1 aromatic rings. The fourth-order valence-corrected chi connectivity index (χ4v) is 1.20.